The predicted molar refractivity (Wildman–Crippen MR) is 65.1 cm³/mol. The van der Waals surface area contributed by atoms with E-state index in [0.29, 0.717) is 18.2 Å². The van der Waals surface area contributed by atoms with E-state index in [-0.39, 0.29) is 0 Å². The highest BCUT2D eigenvalue weighted by Crippen LogP contribution is 2.18. The van der Waals surface area contributed by atoms with Crippen LogP contribution in [0.5, 0.6) is 0 Å². The van der Waals surface area contributed by atoms with Gasteiger partial charge in [-0.15, -0.1) is 0 Å². The van der Waals surface area contributed by atoms with Crippen LogP contribution in [-0.2, 0) is 4.74 Å². The Bertz CT molecular complexity index is 164. The van der Waals surface area contributed by atoms with Gasteiger partial charge in [0.15, 0.2) is 0 Å². The Morgan fingerprint density at radius 3 is 2.53 bits per heavy atom. The zero-order valence-corrected chi connectivity index (χ0v) is 10.8. The van der Waals surface area contributed by atoms with E-state index in [2.05, 4.69) is 33.0 Å². The van der Waals surface area contributed by atoms with Crippen LogP contribution in [0.15, 0.2) is 0 Å². The Hall–Kier alpha value is -0.0800. The van der Waals surface area contributed by atoms with Crippen molar-refractivity contribution in [2.24, 2.45) is 5.92 Å². The third kappa shape index (κ3) is 4.52. The minimum Gasteiger partial charge on any atom is -0.377 e. The summed E-state index contributed by atoms with van der Waals surface area (Å²) in [6.07, 6.45) is 5.36. The van der Waals surface area contributed by atoms with E-state index in [9.17, 15) is 0 Å². The molecule has 15 heavy (non-hydrogen) atoms. The van der Waals surface area contributed by atoms with Crippen LogP contribution in [-0.4, -0.2) is 24.8 Å². The van der Waals surface area contributed by atoms with Gasteiger partial charge in [0.2, 0.25) is 0 Å². The Balaban J connectivity index is 2.31. The van der Waals surface area contributed by atoms with Crippen molar-refractivity contribution in [1.29, 1.82) is 0 Å². The maximum atomic E-state index is 5.75. The Kier molecular flexibility index (Phi) is 5.62. The van der Waals surface area contributed by atoms with Gasteiger partial charge in [-0.05, 0) is 38.5 Å². The lowest BCUT2D eigenvalue weighted by atomic mass is 10.0. The summed E-state index contributed by atoms with van der Waals surface area (Å²) >= 11 is 0. The molecule has 1 aliphatic heterocycles. The summed E-state index contributed by atoms with van der Waals surface area (Å²) < 4.78 is 5.75. The average Bonchev–Trinajstić information content (AvgIpc) is 2.65. The molecule has 0 radical (unpaired) electrons. The van der Waals surface area contributed by atoms with E-state index in [4.69, 9.17) is 4.74 Å². The van der Waals surface area contributed by atoms with Gasteiger partial charge in [0, 0.05) is 18.7 Å². The normalized spacial score (nSPS) is 25.8. The number of hydrogen-bond donors (Lipinski definition) is 1. The maximum absolute atomic E-state index is 5.75. The molecular weight excluding hydrogens is 186 g/mol. The summed E-state index contributed by atoms with van der Waals surface area (Å²) in [7, 11) is 0. The first-order valence-electron chi connectivity index (χ1n) is 6.51. The minimum absolute atomic E-state index is 0.463. The first kappa shape index (κ1) is 13.0. The quantitative estimate of drug-likeness (QED) is 0.732. The van der Waals surface area contributed by atoms with Crippen molar-refractivity contribution in [3.8, 4) is 0 Å². The first-order valence-corrected chi connectivity index (χ1v) is 6.51. The van der Waals surface area contributed by atoms with Gasteiger partial charge in [-0.25, -0.2) is 0 Å². The fourth-order valence-electron chi connectivity index (χ4n) is 2.55. The summed E-state index contributed by atoms with van der Waals surface area (Å²) in [6, 6.07) is 1.17. The lowest BCUT2D eigenvalue weighted by Gasteiger charge is -2.27. The Morgan fingerprint density at radius 2 is 2.07 bits per heavy atom. The van der Waals surface area contributed by atoms with Crippen molar-refractivity contribution < 1.29 is 4.74 Å². The van der Waals surface area contributed by atoms with Gasteiger partial charge < -0.3 is 10.1 Å². The van der Waals surface area contributed by atoms with E-state index >= 15 is 0 Å². The summed E-state index contributed by atoms with van der Waals surface area (Å²) in [4.78, 5) is 0. The standard InChI is InChI=1S/C13H27NO/c1-5-12(13-7-6-8-15-13)14-11(4)9-10(2)3/h10-14H,5-9H2,1-4H3. The highest BCUT2D eigenvalue weighted by molar-refractivity contribution is 4.81. The monoisotopic (exact) mass is 213 g/mol. The molecule has 0 aromatic carbocycles. The molecule has 1 saturated heterocycles. The second-order valence-electron chi connectivity index (χ2n) is 5.26. The van der Waals surface area contributed by atoms with Crippen LogP contribution in [0.25, 0.3) is 0 Å². The molecule has 2 heteroatoms. The fraction of sp³-hybridized carbons (Fsp3) is 1.00. The lowest BCUT2D eigenvalue weighted by Crippen LogP contribution is -2.44. The van der Waals surface area contributed by atoms with Crippen LogP contribution in [0.2, 0.25) is 0 Å². The minimum atomic E-state index is 0.463. The molecule has 1 aliphatic rings. The average molecular weight is 213 g/mol. The van der Waals surface area contributed by atoms with E-state index in [1.165, 1.54) is 25.7 Å². The van der Waals surface area contributed by atoms with Gasteiger partial charge in [0.1, 0.15) is 0 Å². The molecule has 0 aromatic heterocycles. The number of ether oxygens (including phenoxy) is 1. The van der Waals surface area contributed by atoms with Gasteiger partial charge in [-0.3, -0.25) is 0 Å². The second kappa shape index (κ2) is 6.49. The van der Waals surface area contributed by atoms with E-state index in [1.807, 2.05) is 0 Å². The van der Waals surface area contributed by atoms with Gasteiger partial charge in [-0.2, -0.15) is 0 Å². The van der Waals surface area contributed by atoms with Gasteiger partial charge in [-0.1, -0.05) is 20.8 Å². The van der Waals surface area contributed by atoms with E-state index < -0.39 is 0 Å². The molecule has 1 N–H and O–H groups in total. The van der Waals surface area contributed by atoms with Crippen LogP contribution in [0, 0.1) is 5.92 Å². The molecule has 0 aliphatic carbocycles. The van der Waals surface area contributed by atoms with Gasteiger partial charge in [0.25, 0.3) is 0 Å². The largest absolute Gasteiger partial charge is 0.377 e. The Morgan fingerprint density at radius 1 is 1.33 bits per heavy atom. The van der Waals surface area contributed by atoms with Gasteiger partial charge in [0.05, 0.1) is 6.10 Å². The topological polar surface area (TPSA) is 21.3 Å². The van der Waals surface area contributed by atoms with Crippen molar-refractivity contribution in [2.45, 2.75) is 71.6 Å². The second-order valence-corrected chi connectivity index (χ2v) is 5.26. The van der Waals surface area contributed by atoms with Crippen molar-refractivity contribution in [3.63, 3.8) is 0 Å². The smallest absolute Gasteiger partial charge is 0.0728 e. The molecule has 0 bridgehead atoms. The number of nitrogens with one attached hydrogen (secondary N) is 1. The highest BCUT2D eigenvalue weighted by atomic mass is 16.5. The molecule has 90 valence electrons. The van der Waals surface area contributed by atoms with E-state index in [0.717, 1.165) is 12.5 Å². The van der Waals surface area contributed by atoms with Crippen molar-refractivity contribution in [3.05, 3.63) is 0 Å². The molecule has 0 amide bonds. The molecule has 2 nitrogen and oxygen atoms in total. The molecule has 0 aromatic rings. The summed E-state index contributed by atoms with van der Waals surface area (Å²) in [5.74, 6) is 0.773. The molecule has 0 spiro atoms. The highest BCUT2D eigenvalue weighted by Gasteiger charge is 2.25. The van der Waals surface area contributed by atoms with Gasteiger partial charge >= 0.3 is 0 Å². The fourth-order valence-corrected chi connectivity index (χ4v) is 2.55. The van der Waals surface area contributed by atoms with Crippen LogP contribution < -0.4 is 5.32 Å². The van der Waals surface area contributed by atoms with Crippen molar-refractivity contribution in [1.82, 2.24) is 5.32 Å². The van der Waals surface area contributed by atoms with Crippen LogP contribution in [0.3, 0.4) is 0 Å². The van der Waals surface area contributed by atoms with Crippen LogP contribution >= 0.6 is 0 Å². The summed E-state index contributed by atoms with van der Waals surface area (Å²) in [6.45, 7) is 10.1. The maximum Gasteiger partial charge on any atom is 0.0728 e. The molecule has 1 fully saturated rings. The van der Waals surface area contributed by atoms with Crippen molar-refractivity contribution in [2.75, 3.05) is 6.61 Å². The molecule has 1 rings (SSSR count). The van der Waals surface area contributed by atoms with Crippen molar-refractivity contribution >= 4 is 0 Å². The van der Waals surface area contributed by atoms with Crippen LogP contribution in [0.1, 0.15) is 53.4 Å². The SMILES string of the molecule is CCC(NC(C)CC(C)C)C1CCCO1. The first-order chi connectivity index (χ1) is 7.13. The third-order valence-corrected chi connectivity index (χ3v) is 3.18. The summed E-state index contributed by atoms with van der Waals surface area (Å²) in [5.41, 5.74) is 0. The number of hydrogen-bond acceptors (Lipinski definition) is 2. The Labute approximate surface area is 94.8 Å². The lowest BCUT2D eigenvalue weighted by molar-refractivity contribution is 0.0725. The molecule has 1 heterocycles. The van der Waals surface area contributed by atoms with E-state index in [1.54, 1.807) is 0 Å². The molecular formula is C13H27NO. The van der Waals surface area contributed by atoms with Crippen LogP contribution in [0.4, 0.5) is 0 Å². The third-order valence-electron chi connectivity index (χ3n) is 3.18. The predicted octanol–water partition coefficient (Wildman–Crippen LogP) is 2.97. The summed E-state index contributed by atoms with van der Waals surface area (Å²) in [5, 5.41) is 3.71. The number of rotatable bonds is 6. The molecule has 0 saturated carbocycles. The molecule has 3 unspecified atom stereocenters. The molecule has 3 atom stereocenters. The zero-order valence-electron chi connectivity index (χ0n) is 10.8. The zero-order chi connectivity index (χ0) is 11.3.